The molecule has 2 rings (SSSR count). The highest BCUT2D eigenvalue weighted by Gasteiger charge is 2.42. The van der Waals surface area contributed by atoms with Gasteiger partial charge in [0, 0.05) is 36.1 Å². The van der Waals surface area contributed by atoms with E-state index in [4.69, 9.17) is 32.7 Å². The van der Waals surface area contributed by atoms with Crippen LogP contribution in [0.3, 0.4) is 0 Å². The first-order chi connectivity index (χ1) is 10.8. The van der Waals surface area contributed by atoms with E-state index in [-0.39, 0.29) is 26.1 Å². The summed E-state index contributed by atoms with van der Waals surface area (Å²) in [5.74, 6) is -1.26. The van der Waals surface area contributed by atoms with Gasteiger partial charge in [-0.15, -0.1) is 0 Å². The zero-order valence-corrected chi connectivity index (χ0v) is 14.0. The van der Waals surface area contributed by atoms with Crippen molar-refractivity contribution in [3.8, 4) is 5.75 Å². The van der Waals surface area contributed by atoms with Gasteiger partial charge >= 0.3 is 5.97 Å². The lowest BCUT2D eigenvalue weighted by molar-refractivity contribution is -0.153. The number of hydrogen-bond donors (Lipinski definition) is 2. The van der Waals surface area contributed by atoms with Crippen LogP contribution >= 0.6 is 23.2 Å². The average molecular weight is 362 g/mol. The third-order valence-electron chi connectivity index (χ3n) is 3.64. The molecule has 1 amide bonds. The fraction of sp³-hybridized carbons (Fsp3) is 0.467. The van der Waals surface area contributed by atoms with Crippen LogP contribution in [0, 0.1) is 0 Å². The van der Waals surface area contributed by atoms with Gasteiger partial charge in [0.25, 0.3) is 5.91 Å². The van der Waals surface area contributed by atoms with Crippen molar-refractivity contribution >= 4 is 35.1 Å². The van der Waals surface area contributed by atoms with E-state index in [0.29, 0.717) is 15.8 Å². The summed E-state index contributed by atoms with van der Waals surface area (Å²) in [5, 5.41) is 12.8. The van der Waals surface area contributed by atoms with Crippen LogP contribution < -0.4 is 10.1 Å². The van der Waals surface area contributed by atoms with Gasteiger partial charge in [-0.2, -0.15) is 0 Å². The Balaban J connectivity index is 2.05. The second kappa shape index (κ2) is 7.38. The monoisotopic (exact) mass is 361 g/mol. The molecule has 0 bridgehead atoms. The molecule has 1 unspecified atom stereocenters. The maximum Gasteiger partial charge on any atom is 0.329 e. The number of benzene rings is 1. The lowest BCUT2D eigenvalue weighted by Gasteiger charge is -2.34. The Labute approximate surface area is 143 Å². The molecule has 126 valence electrons. The predicted octanol–water partition coefficient (Wildman–Crippen LogP) is 2.51. The zero-order valence-electron chi connectivity index (χ0n) is 12.5. The van der Waals surface area contributed by atoms with Crippen molar-refractivity contribution in [3.05, 3.63) is 28.2 Å². The minimum absolute atomic E-state index is 0.212. The summed E-state index contributed by atoms with van der Waals surface area (Å²) in [6, 6.07) is 4.60. The van der Waals surface area contributed by atoms with Crippen LogP contribution in [-0.4, -0.2) is 41.8 Å². The zero-order chi connectivity index (χ0) is 17.0. The molecule has 0 saturated carbocycles. The molecule has 1 fully saturated rings. The van der Waals surface area contributed by atoms with Gasteiger partial charge in [0.15, 0.2) is 6.10 Å². The Hall–Kier alpha value is -1.50. The van der Waals surface area contributed by atoms with Crippen molar-refractivity contribution < 1.29 is 24.2 Å². The Morgan fingerprint density at radius 2 is 1.83 bits per heavy atom. The number of carbonyl (C=O) groups excluding carboxylic acids is 1. The van der Waals surface area contributed by atoms with Gasteiger partial charge in [0.1, 0.15) is 11.3 Å². The molecule has 1 atom stereocenters. The summed E-state index contributed by atoms with van der Waals surface area (Å²) in [5.41, 5.74) is -1.32. The second-order valence-corrected chi connectivity index (χ2v) is 6.23. The highest BCUT2D eigenvalue weighted by Crippen LogP contribution is 2.25. The topological polar surface area (TPSA) is 84.9 Å². The highest BCUT2D eigenvalue weighted by atomic mass is 35.5. The first-order valence-corrected chi connectivity index (χ1v) is 7.84. The van der Waals surface area contributed by atoms with E-state index in [2.05, 4.69) is 5.32 Å². The second-order valence-electron chi connectivity index (χ2n) is 5.35. The molecule has 1 aromatic rings. The summed E-state index contributed by atoms with van der Waals surface area (Å²) in [4.78, 5) is 23.8. The smallest absolute Gasteiger partial charge is 0.329 e. The number of carbonyl (C=O) groups is 2. The predicted molar refractivity (Wildman–Crippen MR) is 85.1 cm³/mol. The number of carboxylic acid groups (broad SMARTS) is 1. The van der Waals surface area contributed by atoms with Gasteiger partial charge in [-0.3, -0.25) is 4.79 Å². The number of ether oxygens (including phenoxy) is 2. The van der Waals surface area contributed by atoms with Crippen molar-refractivity contribution in [1.29, 1.82) is 0 Å². The summed E-state index contributed by atoms with van der Waals surface area (Å²) >= 11 is 11.8. The van der Waals surface area contributed by atoms with Crippen molar-refractivity contribution in [3.63, 3.8) is 0 Å². The van der Waals surface area contributed by atoms with E-state index in [1.165, 1.54) is 19.1 Å². The quantitative estimate of drug-likeness (QED) is 0.841. The fourth-order valence-corrected chi connectivity index (χ4v) is 2.81. The van der Waals surface area contributed by atoms with Crippen LogP contribution in [0.4, 0.5) is 0 Å². The Bertz CT molecular complexity index is 581. The van der Waals surface area contributed by atoms with E-state index in [1.807, 2.05) is 0 Å². The summed E-state index contributed by atoms with van der Waals surface area (Å²) in [6.45, 7) is 2.09. The summed E-state index contributed by atoms with van der Waals surface area (Å²) in [7, 11) is 0. The minimum Gasteiger partial charge on any atom is -0.481 e. The van der Waals surface area contributed by atoms with Crippen LogP contribution in [0.5, 0.6) is 5.75 Å². The van der Waals surface area contributed by atoms with E-state index in [9.17, 15) is 14.7 Å². The molecule has 0 spiro atoms. The maximum absolute atomic E-state index is 12.3. The van der Waals surface area contributed by atoms with E-state index < -0.39 is 23.5 Å². The van der Waals surface area contributed by atoms with Crippen molar-refractivity contribution in [2.75, 3.05) is 13.2 Å². The van der Waals surface area contributed by atoms with Gasteiger partial charge in [-0.05, 0) is 25.1 Å². The van der Waals surface area contributed by atoms with Gasteiger partial charge in [-0.1, -0.05) is 23.2 Å². The van der Waals surface area contributed by atoms with E-state index >= 15 is 0 Å². The van der Waals surface area contributed by atoms with Crippen LogP contribution in [0.2, 0.25) is 10.0 Å². The van der Waals surface area contributed by atoms with Crippen LogP contribution in [0.1, 0.15) is 19.8 Å². The molecule has 8 heteroatoms. The number of aliphatic carboxylic acids is 1. The van der Waals surface area contributed by atoms with Gasteiger partial charge in [0.05, 0.1) is 0 Å². The number of halogens is 2. The molecule has 1 aromatic carbocycles. The van der Waals surface area contributed by atoms with Crippen LogP contribution in [0.15, 0.2) is 18.2 Å². The van der Waals surface area contributed by atoms with E-state index in [0.717, 1.165) is 0 Å². The Morgan fingerprint density at radius 3 is 2.35 bits per heavy atom. The summed E-state index contributed by atoms with van der Waals surface area (Å²) < 4.78 is 10.7. The number of hydrogen-bond acceptors (Lipinski definition) is 4. The lowest BCUT2D eigenvalue weighted by atomic mass is 9.90. The molecule has 1 heterocycles. The number of amides is 1. The average Bonchev–Trinajstić information content (AvgIpc) is 2.46. The summed E-state index contributed by atoms with van der Waals surface area (Å²) in [6.07, 6.45) is -0.475. The third-order valence-corrected chi connectivity index (χ3v) is 4.07. The van der Waals surface area contributed by atoms with Gasteiger partial charge in [-0.25, -0.2) is 4.79 Å². The largest absolute Gasteiger partial charge is 0.481 e. The molecule has 2 N–H and O–H groups in total. The number of nitrogens with one attached hydrogen (secondary N) is 1. The van der Waals surface area contributed by atoms with Crippen LogP contribution in [-0.2, 0) is 14.3 Å². The normalized spacial score (nSPS) is 18.0. The highest BCUT2D eigenvalue weighted by molar-refractivity contribution is 6.34. The molecule has 0 aliphatic carbocycles. The molecule has 6 nitrogen and oxygen atoms in total. The molecule has 0 aromatic heterocycles. The SMILES string of the molecule is CC(Oc1cc(Cl)cc(Cl)c1)C(=O)NC1(C(=O)O)CCOCC1. The molecule has 1 aliphatic heterocycles. The first-order valence-electron chi connectivity index (χ1n) is 7.08. The van der Waals surface area contributed by atoms with Crippen molar-refractivity contribution in [1.82, 2.24) is 5.32 Å². The number of rotatable bonds is 5. The molecular weight excluding hydrogens is 345 g/mol. The third kappa shape index (κ3) is 4.50. The standard InChI is InChI=1S/C15H17Cl2NO5/c1-9(23-12-7-10(16)6-11(17)8-12)13(19)18-15(14(20)21)2-4-22-5-3-15/h6-9H,2-5H2,1H3,(H,18,19)(H,20,21). The fourth-order valence-electron chi connectivity index (χ4n) is 2.30. The molecule has 1 aliphatic rings. The number of carboxylic acids is 1. The van der Waals surface area contributed by atoms with E-state index in [1.54, 1.807) is 6.07 Å². The maximum atomic E-state index is 12.3. The Kier molecular flexibility index (Phi) is 5.73. The minimum atomic E-state index is -1.32. The van der Waals surface area contributed by atoms with Crippen molar-refractivity contribution in [2.45, 2.75) is 31.4 Å². The lowest BCUT2D eigenvalue weighted by Crippen LogP contribution is -2.59. The van der Waals surface area contributed by atoms with Gasteiger partial charge in [0.2, 0.25) is 0 Å². The molecule has 0 radical (unpaired) electrons. The molecule has 1 saturated heterocycles. The van der Waals surface area contributed by atoms with Crippen LogP contribution in [0.25, 0.3) is 0 Å². The Morgan fingerprint density at radius 1 is 1.26 bits per heavy atom. The first kappa shape index (κ1) is 17.8. The van der Waals surface area contributed by atoms with Crippen molar-refractivity contribution in [2.24, 2.45) is 0 Å². The molecular formula is C15H17Cl2NO5. The van der Waals surface area contributed by atoms with Gasteiger partial charge < -0.3 is 19.9 Å². The molecule has 23 heavy (non-hydrogen) atoms.